The summed E-state index contributed by atoms with van der Waals surface area (Å²) in [7, 11) is 0. The number of halogens is 2. The van der Waals surface area contributed by atoms with Crippen LogP contribution in [0.25, 0.3) is 22.7 Å². The average molecular weight is 442 g/mol. The van der Waals surface area contributed by atoms with E-state index in [1.54, 1.807) is 9.45 Å². The molecule has 0 bridgehead atoms. The van der Waals surface area contributed by atoms with Crippen LogP contribution >= 0.6 is 0 Å². The van der Waals surface area contributed by atoms with Gasteiger partial charge in [0.1, 0.15) is 0 Å². The minimum Gasteiger partial charge on any atom is -1.00 e. The van der Waals surface area contributed by atoms with Gasteiger partial charge in [-0.2, -0.15) is 0 Å². The quantitative estimate of drug-likeness (QED) is 0.519. The van der Waals surface area contributed by atoms with E-state index in [0.29, 0.717) is 4.22 Å². The smallest absolute Gasteiger partial charge is 1.00 e. The van der Waals surface area contributed by atoms with E-state index < -0.39 is 0 Å². The van der Waals surface area contributed by atoms with Gasteiger partial charge >= 0.3 is 164 Å². The summed E-state index contributed by atoms with van der Waals surface area (Å²) >= 11 is -0.269. The molecule has 1 atom stereocenters. The monoisotopic (exact) mass is 441 g/mol. The molecule has 2 aromatic carbocycles. The van der Waals surface area contributed by atoms with Crippen LogP contribution in [-0.2, 0) is 19.2 Å². The molecule has 140 valence electrons. The van der Waals surface area contributed by atoms with E-state index >= 15 is 0 Å². The summed E-state index contributed by atoms with van der Waals surface area (Å²) < 4.78 is 4.69. The number of para-hydroxylation sites is 1. The van der Waals surface area contributed by atoms with Gasteiger partial charge in [0.15, 0.2) is 0 Å². The molecule has 0 radical (unpaired) electrons. The number of fused-ring (bicyclic) bond motifs is 2. The van der Waals surface area contributed by atoms with Crippen LogP contribution in [0.15, 0.2) is 81.9 Å². The Morgan fingerprint density at radius 2 is 1.68 bits per heavy atom. The molecule has 2 aliphatic carbocycles. The summed E-state index contributed by atoms with van der Waals surface area (Å²) in [6, 6.07) is 19.9. The second kappa shape index (κ2) is 8.47. The molecule has 0 amide bonds. The fraction of sp³-hybridized carbons (Fsp3) is 0.167. The zero-order chi connectivity index (χ0) is 17.7. The predicted molar refractivity (Wildman–Crippen MR) is 106 cm³/mol. The van der Waals surface area contributed by atoms with Crippen LogP contribution in [0.4, 0.5) is 0 Å². The van der Waals surface area contributed by atoms with E-state index in [2.05, 4.69) is 91.4 Å². The summed E-state index contributed by atoms with van der Waals surface area (Å²) in [6.07, 6.45) is 8.24. The van der Waals surface area contributed by atoms with Gasteiger partial charge in [0, 0.05) is 0 Å². The maximum Gasteiger partial charge on any atom is -1.00 e. The molecule has 4 heteroatoms. The topological polar surface area (TPSA) is 4.93 Å². The molecule has 2 aliphatic rings. The first kappa shape index (κ1) is 21.2. The van der Waals surface area contributed by atoms with Crippen molar-refractivity contribution in [3.8, 4) is 0 Å². The van der Waals surface area contributed by atoms with Gasteiger partial charge < -0.3 is 24.8 Å². The molecule has 0 spiro atoms. The second-order valence-electron chi connectivity index (χ2n) is 7.21. The molecule has 0 saturated heterocycles. The third-order valence-corrected chi connectivity index (χ3v) is 8.61. The third kappa shape index (κ3) is 3.46. The number of aromatic nitrogens is 1. The molecule has 0 aliphatic heterocycles. The second-order valence-corrected chi connectivity index (χ2v) is 9.51. The van der Waals surface area contributed by atoms with Crippen molar-refractivity contribution in [2.45, 2.75) is 24.5 Å². The molecule has 0 fully saturated rings. The van der Waals surface area contributed by atoms with Crippen LogP contribution in [0, 0.1) is 0 Å². The van der Waals surface area contributed by atoms with Crippen molar-refractivity contribution in [1.29, 1.82) is 0 Å². The van der Waals surface area contributed by atoms with Gasteiger partial charge in [0.25, 0.3) is 0 Å². The van der Waals surface area contributed by atoms with E-state index in [9.17, 15) is 0 Å². The molecule has 28 heavy (non-hydrogen) atoms. The van der Waals surface area contributed by atoms with Crippen LogP contribution in [-0.4, -0.2) is 4.57 Å². The number of rotatable bonds is 3. The van der Waals surface area contributed by atoms with Crippen LogP contribution in [0.1, 0.15) is 35.6 Å². The van der Waals surface area contributed by atoms with Crippen molar-refractivity contribution in [2.75, 3.05) is 0 Å². The summed E-state index contributed by atoms with van der Waals surface area (Å²) in [5, 5.41) is 1.32. The molecule has 0 N–H and O–H groups in total. The Morgan fingerprint density at radius 3 is 2.46 bits per heavy atom. The van der Waals surface area contributed by atoms with Crippen LogP contribution in [0.2, 0.25) is 0 Å². The summed E-state index contributed by atoms with van der Waals surface area (Å²) in [5.74, 6) is 0. The first-order chi connectivity index (χ1) is 12.7. The summed E-state index contributed by atoms with van der Waals surface area (Å²) in [4.78, 5) is 0. The van der Waals surface area contributed by atoms with Crippen molar-refractivity contribution < 1.29 is 44.0 Å². The third-order valence-electron chi connectivity index (χ3n) is 5.76. The van der Waals surface area contributed by atoms with Crippen molar-refractivity contribution >= 4 is 22.7 Å². The number of allylic oxidation sites excluding steroid dienone is 5. The average Bonchev–Trinajstić information content (AvgIpc) is 3.34. The number of benzene rings is 2. The van der Waals surface area contributed by atoms with Gasteiger partial charge in [-0.1, -0.05) is 0 Å². The minimum absolute atomic E-state index is 0. The van der Waals surface area contributed by atoms with Gasteiger partial charge in [-0.25, -0.2) is 0 Å². The van der Waals surface area contributed by atoms with E-state index in [-0.39, 0.29) is 44.0 Å². The van der Waals surface area contributed by atoms with Crippen LogP contribution in [0.5, 0.6) is 0 Å². The Labute approximate surface area is 188 Å². The van der Waals surface area contributed by atoms with Gasteiger partial charge in [-0.05, 0) is 0 Å². The normalized spacial score (nSPS) is 17.4. The minimum atomic E-state index is -0.269. The standard InChI is InChI=1S/C17H12N.C7H9.2ClH.Ti/c1-2-7-15-12-16(11-14(15)6-1)18-10-9-13-5-3-4-8-17(13)18;1-6-4-3-5-7(6)2;;;/h1-12H;4H,3H2,1-2H3;2*1H;/q;;;;+2/p-2. The maximum absolute atomic E-state index is 2.43. The Balaban J connectivity index is 0.00000112. The van der Waals surface area contributed by atoms with E-state index in [0.717, 1.165) is 6.42 Å². The molecule has 1 unspecified atom stereocenters. The molecule has 0 saturated carbocycles. The van der Waals surface area contributed by atoms with Gasteiger partial charge in [0.2, 0.25) is 0 Å². The maximum atomic E-state index is 2.43. The van der Waals surface area contributed by atoms with Gasteiger partial charge in [-0.15, -0.1) is 0 Å². The first-order valence-electron chi connectivity index (χ1n) is 9.23. The van der Waals surface area contributed by atoms with Crippen molar-refractivity contribution in [3.05, 3.63) is 93.0 Å². The Bertz CT molecular complexity index is 1120. The van der Waals surface area contributed by atoms with Crippen LogP contribution in [0.3, 0.4) is 0 Å². The fourth-order valence-electron chi connectivity index (χ4n) is 4.12. The molecular weight excluding hydrogens is 421 g/mol. The predicted octanol–water partition coefficient (Wildman–Crippen LogP) is 0.409. The van der Waals surface area contributed by atoms with Crippen LogP contribution < -0.4 is 24.8 Å². The molecule has 5 rings (SSSR count). The molecule has 1 heterocycles. The zero-order valence-electron chi connectivity index (χ0n) is 15.9. The van der Waals surface area contributed by atoms with Crippen molar-refractivity contribution in [2.24, 2.45) is 0 Å². The number of hydrogen-bond donors (Lipinski definition) is 0. The van der Waals surface area contributed by atoms with E-state index in [1.165, 1.54) is 33.3 Å². The fourth-order valence-corrected chi connectivity index (χ4v) is 6.88. The Morgan fingerprint density at radius 1 is 0.929 bits per heavy atom. The first-order valence-corrected chi connectivity index (χ1v) is 10.9. The number of hydrogen-bond acceptors (Lipinski definition) is 0. The van der Waals surface area contributed by atoms with E-state index in [4.69, 9.17) is 0 Å². The van der Waals surface area contributed by atoms with Crippen molar-refractivity contribution in [3.63, 3.8) is 0 Å². The SMILES string of the molecule is CC1=CC[C]([Ti+2][CH]2C(n3ccc4ccccc43)=Cc3ccccc32)=C1C.[Cl-].[Cl-]. The molecule has 3 aromatic rings. The molecular formula is C24H21Cl2NTi. The number of nitrogens with zero attached hydrogens (tertiary/aromatic N) is 1. The largest absolute Gasteiger partial charge is 1.00 e. The van der Waals surface area contributed by atoms with Gasteiger partial charge in [-0.3, -0.25) is 0 Å². The molecule has 1 aromatic heterocycles. The Hall–Kier alpha value is -1.51. The Kier molecular flexibility index (Phi) is 6.42. The summed E-state index contributed by atoms with van der Waals surface area (Å²) in [6.45, 7) is 4.57. The van der Waals surface area contributed by atoms with E-state index in [1.807, 2.05) is 0 Å². The van der Waals surface area contributed by atoms with Gasteiger partial charge in [0.05, 0.1) is 0 Å². The zero-order valence-corrected chi connectivity index (χ0v) is 19.0. The summed E-state index contributed by atoms with van der Waals surface area (Å²) in [5.41, 5.74) is 8.71. The van der Waals surface area contributed by atoms with Crippen molar-refractivity contribution in [1.82, 2.24) is 4.57 Å². The molecule has 1 nitrogen and oxygen atoms in total.